The van der Waals surface area contributed by atoms with Gasteiger partial charge in [0.25, 0.3) is 0 Å². The predicted molar refractivity (Wildman–Crippen MR) is 46.9 cm³/mol. The third kappa shape index (κ3) is 1.73. The average Bonchev–Trinajstić information content (AvgIpc) is 1.99. The van der Waals surface area contributed by atoms with Crippen LogP contribution >= 0.6 is 23.2 Å². The van der Waals surface area contributed by atoms with E-state index in [2.05, 4.69) is 0 Å². The Kier molecular flexibility index (Phi) is 2.64. The summed E-state index contributed by atoms with van der Waals surface area (Å²) in [4.78, 5) is 0. The second-order valence-corrected chi connectivity index (χ2v) is 2.93. The van der Waals surface area contributed by atoms with Gasteiger partial charge in [-0.3, -0.25) is 10.4 Å². The minimum absolute atomic E-state index is 0.0548. The fourth-order valence-corrected chi connectivity index (χ4v) is 1.16. The zero-order valence-corrected chi connectivity index (χ0v) is 7.34. The van der Waals surface area contributed by atoms with E-state index in [0.29, 0.717) is 0 Å². The number of nitrogen functional groups attached to an aromatic ring is 1. The lowest BCUT2D eigenvalue weighted by molar-refractivity contribution is 0.0292. The Morgan fingerprint density at radius 1 is 1.17 bits per heavy atom. The molecule has 0 amide bonds. The summed E-state index contributed by atoms with van der Waals surface area (Å²) in [5.41, 5.74) is 5.67. The smallest absolute Gasteiger partial charge is 0.0973 e. The molecule has 0 saturated heterocycles. The van der Waals surface area contributed by atoms with Gasteiger partial charge in [0.05, 0.1) is 21.4 Å². The Morgan fingerprint density at radius 2 is 1.58 bits per heavy atom. The number of hydrogen-bond donors (Lipinski definition) is 3. The van der Waals surface area contributed by atoms with E-state index >= 15 is 0 Å². The van der Waals surface area contributed by atoms with Gasteiger partial charge in [-0.15, -0.1) is 5.23 Å². The first-order valence-corrected chi connectivity index (χ1v) is 3.70. The van der Waals surface area contributed by atoms with Crippen LogP contribution in [0.2, 0.25) is 10.0 Å². The highest BCUT2D eigenvalue weighted by Crippen LogP contribution is 2.31. The summed E-state index contributed by atoms with van der Waals surface area (Å²) in [6, 6.07) is 2.56. The van der Waals surface area contributed by atoms with Crippen LogP contribution in [0, 0.1) is 0 Å². The van der Waals surface area contributed by atoms with Crippen LogP contribution in [0.4, 0.5) is 11.4 Å². The first-order chi connectivity index (χ1) is 5.52. The van der Waals surface area contributed by atoms with Gasteiger partial charge in [-0.1, -0.05) is 23.2 Å². The molecule has 66 valence electrons. The highest BCUT2D eigenvalue weighted by atomic mass is 35.5. The Labute approximate surface area is 78.6 Å². The third-order valence-corrected chi connectivity index (χ3v) is 1.92. The van der Waals surface area contributed by atoms with Crippen LogP contribution in [-0.4, -0.2) is 10.4 Å². The van der Waals surface area contributed by atoms with Crippen molar-refractivity contribution in [2.45, 2.75) is 0 Å². The molecule has 0 aliphatic carbocycles. The van der Waals surface area contributed by atoms with E-state index in [-0.39, 0.29) is 26.6 Å². The third-order valence-electron chi connectivity index (χ3n) is 1.29. The van der Waals surface area contributed by atoms with Crippen LogP contribution in [0.5, 0.6) is 0 Å². The van der Waals surface area contributed by atoms with Crippen molar-refractivity contribution in [2.75, 3.05) is 11.0 Å². The van der Waals surface area contributed by atoms with Gasteiger partial charge in [0, 0.05) is 0 Å². The monoisotopic (exact) mass is 208 g/mol. The van der Waals surface area contributed by atoms with Crippen LogP contribution in [0.1, 0.15) is 0 Å². The molecule has 0 spiro atoms. The molecule has 0 heterocycles. The summed E-state index contributed by atoms with van der Waals surface area (Å²) in [7, 11) is 0. The minimum Gasteiger partial charge on any atom is -0.396 e. The summed E-state index contributed by atoms with van der Waals surface area (Å²) >= 11 is 11.2. The maximum Gasteiger partial charge on any atom is 0.0973 e. The van der Waals surface area contributed by atoms with Gasteiger partial charge >= 0.3 is 0 Å². The molecule has 1 aromatic carbocycles. The Morgan fingerprint density at radius 3 is 1.92 bits per heavy atom. The first kappa shape index (κ1) is 9.41. The van der Waals surface area contributed by atoms with Crippen molar-refractivity contribution in [3.8, 4) is 0 Å². The van der Waals surface area contributed by atoms with E-state index in [1.54, 1.807) is 0 Å². The fraction of sp³-hybridized carbons (Fsp3) is 0. The molecule has 0 aromatic heterocycles. The standard InChI is InChI=1S/C6H6Cl2N2O2/c7-4-1-3(10(11)12)2-5(8)6(4)9/h1-2,11-12H,9H2. The minimum atomic E-state index is -0.0861. The predicted octanol–water partition coefficient (Wildman–Crippen LogP) is 2.16. The molecular formula is C6H6Cl2N2O2. The van der Waals surface area contributed by atoms with E-state index in [1.165, 1.54) is 12.1 Å². The van der Waals surface area contributed by atoms with Gasteiger partial charge in [-0.2, -0.15) is 0 Å². The number of nitrogens with two attached hydrogens (primary N) is 1. The lowest BCUT2D eigenvalue weighted by atomic mass is 10.3. The summed E-state index contributed by atoms with van der Waals surface area (Å²) in [6.07, 6.45) is 0. The molecule has 0 radical (unpaired) electrons. The summed E-state index contributed by atoms with van der Waals surface area (Å²) in [6.45, 7) is 0. The SMILES string of the molecule is Nc1c(Cl)cc(N(O)O)cc1Cl. The number of halogens is 2. The molecule has 4 nitrogen and oxygen atoms in total. The number of rotatable bonds is 1. The normalized spacial score (nSPS) is 10.0. The molecule has 6 heteroatoms. The van der Waals surface area contributed by atoms with Gasteiger partial charge < -0.3 is 5.73 Å². The molecule has 0 unspecified atom stereocenters. The Bertz CT molecular complexity index is 281. The average molecular weight is 209 g/mol. The second kappa shape index (κ2) is 3.37. The van der Waals surface area contributed by atoms with Gasteiger partial charge in [0.2, 0.25) is 0 Å². The number of nitrogens with zero attached hydrogens (tertiary/aromatic N) is 1. The molecule has 0 aliphatic rings. The van der Waals surface area contributed by atoms with Crippen LogP contribution in [0.25, 0.3) is 0 Å². The molecule has 0 saturated carbocycles. The van der Waals surface area contributed by atoms with Crippen LogP contribution in [-0.2, 0) is 0 Å². The topological polar surface area (TPSA) is 69.7 Å². The Balaban J connectivity index is 3.21. The largest absolute Gasteiger partial charge is 0.396 e. The van der Waals surface area contributed by atoms with Crippen LogP contribution < -0.4 is 11.0 Å². The number of anilines is 2. The first-order valence-electron chi connectivity index (χ1n) is 2.94. The van der Waals surface area contributed by atoms with E-state index in [0.717, 1.165) is 0 Å². The molecule has 12 heavy (non-hydrogen) atoms. The van der Waals surface area contributed by atoms with Gasteiger partial charge in [-0.05, 0) is 12.1 Å². The Hall–Kier alpha value is -0.680. The maximum atomic E-state index is 8.59. The van der Waals surface area contributed by atoms with Crippen molar-refractivity contribution >= 4 is 34.6 Å². The van der Waals surface area contributed by atoms with Crippen molar-refractivity contribution in [3.63, 3.8) is 0 Å². The lowest BCUT2D eigenvalue weighted by Gasteiger charge is -2.09. The molecule has 0 fully saturated rings. The quantitative estimate of drug-likeness (QED) is 0.489. The molecule has 1 rings (SSSR count). The van der Waals surface area contributed by atoms with E-state index < -0.39 is 0 Å². The molecule has 0 aliphatic heterocycles. The molecule has 0 atom stereocenters. The lowest BCUT2D eigenvalue weighted by Crippen LogP contribution is -2.11. The number of hydrogen-bond acceptors (Lipinski definition) is 4. The van der Waals surface area contributed by atoms with Crippen molar-refractivity contribution in [1.29, 1.82) is 0 Å². The summed E-state index contributed by atoms with van der Waals surface area (Å²) < 4.78 is 0. The zero-order chi connectivity index (χ0) is 9.30. The molecule has 0 bridgehead atoms. The van der Waals surface area contributed by atoms with Crippen LogP contribution in [0.15, 0.2) is 12.1 Å². The second-order valence-electron chi connectivity index (χ2n) is 2.11. The van der Waals surface area contributed by atoms with E-state index in [9.17, 15) is 0 Å². The highest BCUT2D eigenvalue weighted by Gasteiger charge is 2.07. The van der Waals surface area contributed by atoms with Gasteiger partial charge in [-0.25, -0.2) is 0 Å². The summed E-state index contributed by atoms with van der Waals surface area (Å²) in [5.74, 6) is 0. The molecular weight excluding hydrogens is 203 g/mol. The summed E-state index contributed by atoms with van der Waals surface area (Å²) in [5, 5.41) is 17.4. The van der Waals surface area contributed by atoms with Crippen molar-refractivity contribution in [3.05, 3.63) is 22.2 Å². The van der Waals surface area contributed by atoms with Crippen LogP contribution in [0.3, 0.4) is 0 Å². The van der Waals surface area contributed by atoms with Gasteiger partial charge in [0.15, 0.2) is 0 Å². The fourth-order valence-electron chi connectivity index (χ4n) is 0.686. The maximum absolute atomic E-state index is 8.59. The highest BCUT2D eigenvalue weighted by molar-refractivity contribution is 6.39. The molecule has 4 N–H and O–H groups in total. The molecule has 1 aromatic rings. The van der Waals surface area contributed by atoms with Crippen molar-refractivity contribution in [2.24, 2.45) is 0 Å². The van der Waals surface area contributed by atoms with Crippen molar-refractivity contribution in [1.82, 2.24) is 0 Å². The van der Waals surface area contributed by atoms with E-state index in [1.807, 2.05) is 0 Å². The number of benzene rings is 1. The van der Waals surface area contributed by atoms with E-state index in [4.69, 9.17) is 39.4 Å². The zero-order valence-electron chi connectivity index (χ0n) is 5.83. The van der Waals surface area contributed by atoms with Gasteiger partial charge in [0.1, 0.15) is 0 Å². The van der Waals surface area contributed by atoms with Crippen molar-refractivity contribution < 1.29 is 10.4 Å².